The van der Waals surface area contributed by atoms with Crippen molar-refractivity contribution in [2.24, 2.45) is 0 Å². The van der Waals surface area contributed by atoms with Crippen LogP contribution in [0.15, 0.2) is 116 Å². The lowest BCUT2D eigenvalue weighted by molar-refractivity contribution is 1.18. The summed E-state index contributed by atoms with van der Waals surface area (Å²) in [6.07, 6.45) is 4.56. The Labute approximate surface area is 234 Å². The lowest BCUT2D eigenvalue weighted by Crippen LogP contribution is -1.96. The van der Waals surface area contributed by atoms with Crippen LogP contribution in [0.25, 0.3) is 77.2 Å². The third kappa shape index (κ3) is 2.63. The van der Waals surface area contributed by atoms with Gasteiger partial charge in [0.15, 0.2) is 5.65 Å². The summed E-state index contributed by atoms with van der Waals surface area (Å²) in [6.45, 7) is 0. The predicted molar refractivity (Wildman–Crippen MR) is 166 cm³/mol. The summed E-state index contributed by atoms with van der Waals surface area (Å²) in [5.74, 6) is 0. The fraction of sp³-hybridized carbons (Fsp3) is 0.0278. The molecule has 5 nitrogen and oxygen atoms in total. The van der Waals surface area contributed by atoms with Gasteiger partial charge < -0.3 is 4.57 Å². The molecule has 0 spiro atoms. The van der Waals surface area contributed by atoms with E-state index in [2.05, 4.69) is 93.9 Å². The highest BCUT2D eigenvalue weighted by molar-refractivity contribution is 6.18. The molecule has 41 heavy (non-hydrogen) atoms. The quantitative estimate of drug-likeness (QED) is 0.204. The first kappa shape index (κ1) is 21.3. The van der Waals surface area contributed by atoms with Crippen molar-refractivity contribution in [3.63, 3.8) is 0 Å². The first-order valence-corrected chi connectivity index (χ1v) is 13.9. The molecule has 1 aliphatic rings. The average Bonchev–Trinajstić information content (AvgIpc) is 3.71. The second-order valence-corrected chi connectivity index (χ2v) is 10.9. The predicted octanol–water partition coefficient (Wildman–Crippen LogP) is 8.25. The Morgan fingerprint density at radius 2 is 1.29 bits per heavy atom. The second-order valence-electron chi connectivity index (χ2n) is 10.9. The molecule has 0 fully saturated rings. The maximum absolute atomic E-state index is 5.16. The molecule has 0 saturated heterocycles. The SMILES string of the molecule is c1ccc(-n2c3ccccc3c3c4c(ccc32)-c2ccc3c5ncccc5n5c6ncccc6nc5c3c2C4)cc1. The second kappa shape index (κ2) is 7.55. The van der Waals surface area contributed by atoms with Crippen LogP contribution in [0.1, 0.15) is 11.1 Å². The van der Waals surface area contributed by atoms with Gasteiger partial charge in [0.2, 0.25) is 0 Å². The molecular formula is C36H21N5. The van der Waals surface area contributed by atoms with E-state index in [0.717, 1.165) is 39.7 Å². The summed E-state index contributed by atoms with van der Waals surface area (Å²) in [5, 5.41) is 4.92. The van der Waals surface area contributed by atoms with E-state index >= 15 is 0 Å². The lowest BCUT2D eigenvalue weighted by atomic mass is 9.99. The molecule has 190 valence electrons. The third-order valence-corrected chi connectivity index (χ3v) is 8.84. The van der Waals surface area contributed by atoms with E-state index in [9.17, 15) is 0 Å². The number of nitrogens with zero attached hydrogens (tertiary/aromatic N) is 5. The molecule has 4 aromatic carbocycles. The van der Waals surface area contributed by atoms with Crippen molar-refractivity contribution in [2.75, 3.05) is 0 Å². The van der Waals surface area contributed by atoms with E-state index in [1.807, 2.05) is 30.6 Å². The number of benzene rings is 4. The number of imidazole rings is 1. The van der Waals surface area contributed by atoms with Crippen LogP contribution >= 0.6 is 0 Å². The molecule has 10 rings (SSSR count). The monoisotopic (exact) mass is 523 g/mol. The number of aromatic nitrogens is 5. The van der Waals surface area contributed by atoms with Crippen LogP contribution in [0, 0.1) is 0 Å². The number of hydrogen-bond donors (Lipinski definition) is 0. The number of para-hydroxylation sites is 2. The van der Waals surface area contributed by atoms with Crippen LogP contribution in [0.3, 0.4) is 0 Å². The van der Waals surface area contributed by atoms with Crippen molar-refractivity contribution in [1.82, 2.24) is 23.9 Å². The maximum atomic E-state index is 5.16. The van der Waals surface area contributed by atoms with Gasteiger partial charge in [-0.15, -0.1) is 0 Å². The molecule has 0 N–H and O–H groups in total. The smallest absolute Gasteiger partial charge is 0.165 e. The molecule has 0 amide bonds. The topological polar surface area (TPSA) is 48.0 Å². The van der Waals surface area contributed by atoms with Crippen LogP contribution in [0.4, 0.5) is 0 Å². The Morgan fingerprint density at radius 3 is 2.22 bits per heavy atom. The van der Waals surface area contributed by atoms with Gasteiger partial charge in [-0.05, 0) is 70.8 Å². The molecule has 0 atom stereocenters. The van der Waals surface area contributed by atoms with Gasteiger partial charge in [0.05, 0.1) is 22.1 Å². The maximum Gasteiger partial charge on any atom is 0.165 e. The van der Waals surface area contributed by atoms with Gasteiger partial charge >= 0.3 is 0 Å². The molecule has 5 heteroatoms. The van der Waals surface area contributed by atoms with Crippen molar-refractivity contribution < 1.29 is 0 Å². The third-order valence-electron chi connectivity index (χ3n) is 8.84. The van der Waals surface area contributed by atoms with Gasteiger partial charge in [-0.2, -0.15) is 0 Å². The molecule has 0 aliphatic heterocycles. The van der Waals surface area contributed by atoms with E-state index in [1.165, 1.54) is 55.1 Å². The van der Waals surface area contributed by atoms with Gasteiger partial charge in [0.1, 0.15) is 11.2 Å². The van der Waals surface area contributed by atoms with Gasteiger partial charge in [-0.3, -0.25) is 9.38 Å². The van der Waals surface area contributed by atoms with E-state index in [4.69, 9.17) is 15.0 Å². The zero-order valence-electron chi connectivity index (χ0n) is 21.9. The van der Waals surface area contributed by atoms with Crippen molar-refractivity contribution >= 4 is 60.4 Å². The van der Waals surface area contributed by atoms with Crippen LogP contribution in [-0.2, 0) is 6.42 Å². The number of fused-ring (bicyclic) bond motifs is 16. The van der Waals surface area contributed by atoms with Crippen LogP contribution in [-0.4, -0.2) is 23.9 Å². The van der Waals surface area contributed by atoms with Crippen LogP contribution in [0.2, 0.25) is 0 Å². The molecule has 0 saturated carbocycles. The van der Waals surface area contributed by atoms with Crippen LogP contribution < -0.4 is 0 Å². The van der Waals surface area contributed by atoms with Crippen LogP contribution in [0.5, 0.6) is 0 Å². The summed E-state index contributed by atoms with van der Waals surface area (Å²) in [6, 6.07) is 36.7. The highest BCUT2D eigenvalue weighted by atomic mass is 15.1. The molecule has 0 unspecified atom stereocenters. The lowest BCUT2D eigenvalue weighted by Gasteiger charge is -2.11. The Bertz CT molecular complexity index is 2550. The Morgan fingerprint density at radius 1 is 0.537 bits per heavy atom. The van der Waals surface area contributed by atoms with Gasteiger partial charge in [-0.25, -0.2) is 9.97 Å². The summed E-state index contributed by atoms with van der Waals surface area (Å²) < 4.78 is 4.59. The number of rotatable bonds is 1. The van der Waals surface area contributed by atoms with Gasteiger partial charge in [-0.1, -0.05) is 54.6 Å². The molecule has 0 bridgehead atoms. The standard InChI is InChI=1S/C36H21N5/c1-2-8-21(9-3-1)40-29-12-5-4-10-24(29)32-26-20-27-22(23(26)16-17-30(32)40)14-15-25-33(27)36-39-28-11-6-19-38-35(28)41(36)31-13-7-18-37-34(25)31/h1-19H,20H2. The van der Waals surface area contributed by atoms with Crippen molar-refractivity contribution in [1.29, 1.82) is 0 Å². The van der Waals surface area contributed by atoms with Crippen molar-refractivity contribution in [3.05, 3.63) is 127 Å². The fourth-order valence-corrected chi connectivity index (χ4v) is 7.23. The van der Waals surface area contributed by atoms with Gasteiger partial charge in [0, 0.05) is 46.0 Å². The normalized spacial score (nSPS) is 12.8. The zero-order valence-corrected chi connectivity index (χ0v) is 21.9. The Balaban J connectivity index is 1.34. The molecular weight excluding hydrogens is 502 g/mol. The molecule has 5 aromatic heterocycles. The van der Waals surface area contributed by atoms with E-state index in [-0.39, 0.29) is 0 Å². The summed E-state index contributed by atoms with van der Waals surface area (Å²) in [4.78, 5) is 14.8. The Hall–Kier alpha value is -5.55. The van der Waals surface area contributed by atoms with Crippen molar-refractivity contribution in [2.45, 2.75) is 6.42 Å². The minimum absolute atomic E-state index is 0.840. The first-order chi connectivity index (χ1) is 20.4. The average molecular weight is 524 g/mol. The van der Waals surface area contributed by atoms with Gasteiger partial charge in [0.25, 0.3) is 0 Å². The van der Waals surface area contributed by atoms with E-state index in [0.29, 0.717) is 0 Å². The Kier molecular flexibility index (Phi) is 3.92. The highest BCUT2D eigenvalue weighted by Gasteiger charge is 2.28. The summed E-state index contributed by atoms with van der Waals surface area (Å²) in [7, 11) is 0. The largest absolute Gasteiger partial charge is 0.309 e. The minimum atomic E-state index is 0.840. The highest BCUT2D eigenvalue weighted by Crippen LogP contribution is 2.48. The number of hydrogen-bond acceptors (Lipinski definition) is 3. The number of pyridine rings is 3. The van der Waals surface area contributed by atoms with Crippen molar-refractivity contribution in [3.8, 4) is 16.8 Å². The van der Waals surface area contributed by atoms with E-state index < -0.39 is 0 Å². The molecule has 0 radical (unpaired) electrons. The molecule has 5 heterocycles. The zero-order chi connectivity index (χ0) is 26.7. The fourth-order valence-electron chi connectivity index (χ4n) is 7.23. The minimum Gasteiger partial charge on any atom is -0.309 e. The molecule has 9 aromatic rings. The summed E-state index contributed by atoms with van der Waals surface area (Å²) in [5.41, 5.74) is 13.6. The summed E-state index contributed by atoms with van der Waals surface area (Å²) >= 11 is 0. The first-order valence-electron chi connectivity index (χ1n) is 13.9. The molecule has 1 aliphatic carbocycles. The van der Waals surface area contributed by atoms with E-state index in [1.54, 1.807) is 0 Å².